The number of hydrogen-bond donors (Lipinski definition) is 0. The summed E-state index contributed by atoms with van der Waals surface area (Å²) in [4.78, 5) is 4.22. The van der Waals surface area contributed by atoms with Gasteiger partial charge in [-0.3, -0.25) is 4.98 Å². The molecule has 0 aliphatic heterocycles. The van der Waals surface area contributed by atoms with Crippen molar-refractivity contribution in [2.24, 2.45) is 0 Å². The second kappa shape index (κ2) is 5.58. The van der Waals surface area contributed by atoms with Crippen LogP contribution in [0, 0.1) is 11.3 Å². The number of pyridine rings is 1. The quantitative estimate of drug-likeness (QED) is 0.800. The Balaban J connectivity index is 2.57. The van der Waals surface area contributed by atoms with Crippen LogP contribution < -0.4 is 0 Å². The molecule has 0 spiro atoms. The highest BCUT2D eigenvalue weighted by Crippen LogP contribution is 2.32. The molecule has 1 heterocycles. The van der Waals surface area contributed by atoms with Gasteiger partial charge in [0, 0.05) is 21.8 Å². The van der Waals surface area contributed by atoms with Gasteiger partial charge in [-0.1, -0.05) is 34.8 Å². The first-order chi connectivity index (χ1) is 8.61. The summed E-state index contributed by atoms with van der Waals surface area (Å²) in [5.41, 5.74) is 2.05. The lowest BCUT2D eigenvalue weighted by Crippen LogP contribution is -1.91. The Kier molecular flexibility index (Phi) is 4.08. The van der Waals surface area contributed by atoms with E-state index in [9.17, 15) is 0 Å². The van der Waals surface area contributed by atoms with Crippen LogP contribution in [0.1, 0.15) is 5.56 Å². The fraction of sp³-hybridized carbons (Fsp3) is 0.0769. The van der Waals surface area contributed by atoms with Crippen molar-refractivity contribution in [1.29, 1.82) is 5.26 Å². The minimum atomic E-state index is 0.239. The first kappa shape index (κ1) is 13.2. The van der Waals surface area contributed by atoms with Crippen LogP contribution in [0.3, 0.4) is 0 Å². The first-order valence-electron chi connectivity index (χ1n) is 5.08. The third-order valence-corrected chi connectivity index (χ3v) is 3.23. The highest BCUT2D eigenvalue weighted by Gasteiger charge is 2.10. The van der Waals surface area contributed by atoms with Gasteiger partial charge in [-0.05, 0) is 29.8 Å². The van der Waals surface area contributed by atoms with Crippen LogP contribution in [-0.4, -0.2) is 4.98 Å². The van der Waals surface area contributed by atoms with E-state index in [1.165, 1.54) is 0 Å². The SMILES string of the molecule is N#CCc1ccnc(-c2cc(Cl)cc(Cl)c2)c1Cl. The number of aromatic nitrogens is 1. The molecule has 5 heteroatoms. The van der Waals surface area contributed by atoms with Crippen molar-refractivity contribution in [3.8, 4) is 17.3 Å². The van der Waals surface area contributed by atoms with E-state index >= 15 is 0 Å². The number of halogens is 3. The van der Waals surface area contributed by atoms with E-state index in [-0.39, 0.29) is 6.42 Å². The minimum absolute atomic E-state index is 0.239. The van der Waals surface area contributed by atoms with Crippen LogP contribution in [-0.2, 0) is 6.42 Å². The van der Waals surface area contributed by atoms with Gasteiger partial charge in [-0.15, -0.1) is 0 Å². The monoisotopic (exact) mass is 296 g/mol. The summed E-state index contributed by atoms with van der Waals surface area (Å²) in [5.74, 6) is 0. The molecule has 1 aromatic heterocycles. The second-order valence-electron chi connectivity index (χ2n) is 3.63. The molecule has 2 aromatic rings. The van der Waals surface area contributed by atoms with E-state index in [1.807, 2.05) is 0 Å². The molecule has 0 atom stereocenters. The molecule has 0 aliphatic rings. The van der Waals surface area contributed by atoms with Gasteiger partial charge in [0.1, 0.15) is 0 Å². The van der Waals surface area contributed by atoms with Crippen molar-refractivity contribution in [2.45, 2.75) is 6.42 Å². The lowest BCUT2D eigenvalue weighted by atomic mass is 10.1. The van der Waals surface area contributed by atoms with Crippen molar-refractivity contribution in [3.63, 3.8) is 0 Å². The topological polar surface area (TPSA) is 36.7 Å². The van der Waals surface area contributed by atoms with Crippen LogP contribution in [0.25, 0.3) is 11.3 Å². The lowest BCUT2D eigenvalue weighted by molar-refractivity contribution is 1.21. The number of benzene rings is 1. The maximum absolute atomic E-state index is 8.72. The average Bonchev–Trinajstić information content (AvgIpc) is 2.31. The summed E-state index contributed by atoms with van der Waals surface area (Å²) in [7, 11) is 0. The zero-order valence-corrected chi connectivity index (χ0v) is 11.4. The Morgan fingerprint density at radius 1 is 1.11 bits per heavy atom. The van der Waals surface area contributed by atoms with E-state index in [1.54, 1.807) is 30.5 Å². The standard InChI is InChI=1S/C13H7Cl3N2/c14-10-5-9(6-11(15)7-10)13-12(16)8(1-3-17)2-4-18-13/h2,4-7H,1H2. The second-order valence-corrected chi connectivity index (χ2v) is 4.88. The summed E-state index contributed by atoms with van der Waals surface area (Å²) in [6.45, 7) is 0. The third-order valence-electron chi connectivity index (χ3n) is 2.37. The molecule has 0 radical (unpaired) electrons. The van der Waals surface area contributed by atoms with Gasteiger partial charge in [-0.2, -0.15) is 5.26 Å². The van der Waals surface area contributed by atoms with Gasteiger partial charge >= 0.3 is 0 Å². The molecule has 1 aromatic carbocycles. The minimum Gasteiger partial charge on any atom is -0.255 e. The van der Waals surface area contributed by atoms with Crippen LogP contribution >= 0.6 is 34.8 Å². The molecule has 0 unspecified atom stereocenters. The van der Waals surface area contributed by atoms with E-state index in [2.05, 4.69) is 11.1 Å². The van der Waals surface area contributed by atoms with Gasteiger partial charge in [0.15, 0.2) is 0 Å². The molecule has 0 amide bonds. The number of nitrogens with zero attached hydrogens (tertiary/aromatic N) is 2. The third kappa shape index (κ3) is 2.76. The van der Waals surface area contributed by atoms with Crippen LogP contribution in [0.5, 0.6) is 0 Å². The van der Waals surface area contributed by atoms with Gasteiger partial charge in [-0.25, -0.2) is 0 Å². The van der Waals surface area contributed by atoms with E-state index in [0.29, 0.717) is 20.8 Å². The molecule has 0 fully saturated rings. The highest BCUT2D eigenvalue weighted by atomic mass is 35.5. The van der Waals surface area contributed by atoms with Crippen LogP contribution in [0.4, 0.5) is 0 Å². The van der Waals surface area contributed by atoms with Crippen molar-refractivity contribution in [2.75, 3.05) is 0 Å². The summed E-state index contributed by atoms with van der Waals surface area (Å²) in [6, 6.07) is 8.89. The van der Waals surface area contributed by atoms with Crippen molar-refractivity contribution in [1.82, 2.24) is 4.98 Å². The summed E-state index contributed by atoms with van der Waals surface area (Å²) < 4.78 is 0. The van der Waals surface area contributed by atoms with Crippen molar-refractivity contribution in [3.05, 3.63) is 51.1 Å². The van der Waals surface area contributed by atoms with Crippen LogP contribution in [0.15, 0.2) is 30.5 Å². The molecule has 18 heavy (non-hydrogen) atoms. The summed E-state index contributed by atoms with van der Waals surface area (Å²) in [6.07, 6.45) is 1.85. The normalized spacial score (nSPS) is 10.1. The highest BCUT2D eigenvalue weighted by molar-refractivity contribution is 6.36. The average molecular weight is 298 g/mol. The molecule has 0 saturated heterocycles. The predicted molar refractivity (Wildman–Crippen MR) is 74.0 cm³/mol. The molecular formula is C13H7Cl3N2. The number of rotatable bonds is 2. The number of nitriles is 1. The van der Waals surface area contributed by atoms with Crippen molar-refractivity contribution >= 4 is 34.8 Å². The zero-order chi connectivity index (χ0) is 13.1. The van der Waals surface area contributed by atoms with Gasteiger partial charge in [0.25, 0.3) is 0 Å². The molecular weight excluding hydrogens is 291 g/mol. The van der Waals surface area contributed by atoms with Gasteiger partial charge < -0.3 is 0 Å². The van der Waals surface area contributed by atoms with E-state index in [4.69, 9.17) is 40.1 Å². The fourth-order valence-electron chi connectivity index (χ4n) is 1.60. The molecule has 2 rings (SSSR count). The Morgan fingerprint density at radius 3 is 2.39 bits per heavy atom. The Bertz CT molecular complexity index is 612. The largest absolute Gasteiger partial charge is 0.255 e. The Labute approximate surface area is 120 Å². The van der Waals surface area contributed by atoms with Gasteiger partial charge in [0.05, 0.1) is 23.2 Å². The maximum Gasteiger partial charge on any atom is 0.0892 e. The molecule has 0 N–H and O–H groups in total. The molecule has 0 saturated carbocycles. The zero-order valence-electron chi connectivity index (χ0n) is 9.12. The van der Waals surface area contributed by atoms with E-state index < -0.39 is 0 Å². The Hall–Kier alpha value is -1.27. The summed E-state index contributed by atoms with van der Waals surface area (Å²) >= 11 is 18.1. The molecule has 0 aliphatic carbocycles. The fourth-order valence-corrected chi connectivity index (χ4v) is 2.41. The molecule has 90 valence electrons. The predicted octanol–water partition coefficient (Wildman–Crippen LogP) is 4.77. The summed E-state index contributed by atoms with van der Waals surface area (Å²) in [5, 5.41) is 10.2. The van der Waals surface area contributed by atoms with Crippen LogP contribution in [0.2, 0.25) is 15.1 Å². The first-order valence-corrected chi connectivity index (χ1v) is 6.22. The lowest BCUT2D eigenvalue weighted by Gasteiger charge is -2.07. The van der Waals surface area contributed by atoms with Gasteiger partial charge in [0.2, 0.25) is 0 Å². The van der Waals surface area contributed by atoms with E-state index in [0.717, 1.165) is 11.1 Å². The molecule has 0 bridgehead atoms. The number of hydrogen-bond acceptors (Lipinski definition) is 2. The molecule has 2 nitrogen and oxygen atoms in total. The van der Waals surface area contributed by atoms with Crippen molar-refractivity contribution < 1.29 is 0 Å². The Morgan fingerprint density at radius 2 is 1.78 bits per heavy atom. The smallest absolute Gasteiger partial charge is 0.0892 e. The maximum atomic E-state index is 8.72.